The van der Waals surface area contributed by atoms with Crippen molar-refractivity contribution in [2.45, 2.75) is 85.5 Å². The van der Waals surface area contributed by atoms with Gasteiger partial charge in [0.15, 0.2) is 5.82 Å². The third-order valence-electron chi connectivity index (χ3n) is 8.05. The molecule has 5 rings (SSSR count). The second-order valence-electron chi connectivity index (χ2n) is 11.6. The van der Waals surface area contributed by atoms with Crippen LogP contribution in [0.15, 0.2) is 54.6 Å². The molecule has 0 saturated heterocycles. The maximum absolute atomic E-state index is 5.10. The Labute approximate surface area is 216 Å². The number of rotatable bonds is 6. The molecule has 0 aliphatic heterocycles. The molecule has 1 aliphatic carbocycles. The van der Waals surface area contributed by atoms with E-state index in [2.05, 4.69) is 108 Å². The van der Waals surface area contributed by atoms with Crippen molar-refractivity contribution in [3.05, 3.63) is 88.2 Å². The normalized spacial score (nSPS) is 12.9. The molecule has 3 nitrogen and oxygen atoms in total. The zero-order valence-corrected chi connectivity index (χ0v) is 23.1. The molecular formula is C33H39N3. The van der Waals surface area contributed by atoms with Gasteiger partial charge in [0.2, 0.25) is 0 Å². The summed E-state index contributed by atoms with van der Waals surface area (Å²) < 4.78 is 2.15. The molecule has 0 saturated carbocycles. The van der Waals surface area contributed by atoms with Gasteiger partial charge in [0.25, 0.3) is 0 Å². The number of benzene rings is 3. The van der Waals surface area contributed by atoms with E-state index in [9.17, 15) is 0 Å². The number of hydrogen-bond acceptors (Lipinski definition) is 2. The molecule has 0 bridgehead atoms. The number of nitrogens with zero attached hydrogens (tertiary/aromatic N) is 3. The van der Waals surface area contributed by atoms with Crippen LogP contribution in [0.2, 0.25) is 0 Å². The van der Waals surface area contributed by atoms with Gasteiger partial charge in [-0.3, -0.25) is 0 Å². The van der Waals surface area contributed by atoms with E-state index < -0.39 is 0 Å². The van der Waals surface area contributed by atoms with E-state index in [4.69, 9.17) is 10.1 Å². The fourth-order valence-electron chi connectivity index (χ4n) is 5.62. The summed E-state index contributed by atoms with van der Waals surface area (Å²) in [7, 11) is 0. The first kappa shape index (κ1) is 24.5. The van der Waals surface area contributed by atoms with Crippen molar-refractivity contribution < 1.29 is 0 Å². The first-order valence-corrected chi connectivity index (χ1v) is 13.4. The van der Waals surface area contributed by atoms with Crippen LogP contribution in [-0.4, -0.2) is 14.8 Å². The Balaban J connectivity index is 1.84. The Morgan fingerprint density at radius 2 is 1.50 bits per heavy atom. The summed E-state index contributed by atoms with van der Waals surface area (Å²) in [5, 5.41) is 5.04. The van der Waals surface area contributed by atoms with E-state index in [-0.39, 0.29) is 5.41 Å². The van der Waals surface area contributed by atoms with Gasteiger partial charge >= 0.3 is 0 Å². The number of fused-ring (bicyclic) bond motifs is 3. The van der Waals surface area contributed by atoms with Gasteiger partial charge in [-0.2, -0.15) is 5.10 Å². The van der Waals surface area contributed by atoms with Gasteiger partial charge in [-0.1, -0.05) is 97.0 Å². The average molecular weight is 478 g/mol. The van der Waals surface area contributed by atoms with Crippen LogP contribution in [0.5, 0.6) is 0 Å². The van der Waals surface area contributed by atoms with Gasteiger partial charge in [0, 0.05) is 5.56 Å². The summed E-state index contributed by atoms with van der Waals surface area (Å²) in [5.41, 5.74) is 11.9. The van der Waals surface area contributed by atoms with E-state index in [1.54, 1.807) is 0 Å². The first-order chi connectivity index (χ1) is 17.1. The average Bonchev–Trinajstić information content (AvgIpc) is 3.42. The highest BCUT2D eigenvalue weighted by atomic mass is 15.4. The SMILES string of the molecule is CCC(C)(C)c1cc2c(cc1-c1nc(C)nn1-c1c(C(C)C)cccc1C(C)C)-c1ccccc1C2. The third kappa shape index (κ3) is 3.99. The lowest BCUT2D eigenvalue weighted by Crippen LogP contribution is -2.18. The van der Waals surface area contributed by atoms with Crippen LogP contribution in [0.1, 0.15) is 100 Å². The molecule has 3 aromatic carbocycles. The van der Waals surface area contributed by atoms with Crippen molar-refractivity contribution >= 4 is 0 Å². The molecular weight excluding hydrogens is 438 g/mol. The molecule has 36 heavy (non-hydrogen) atoms. The lowest BCUT2D eigenvalue weighted by atomic mass is 9.78. The van der Waals surface area contributed by atoms with Gasteiger partial charge in [-0.15, -0.1) is 0 Å². The van der Waals surface area contributed by atoms with E-state index >= 15 is 0 Å². The maximum atomic E-state index is 5.10. The molecule has 186 valence electrons. The van der Waals surface area contributed by atoms with Crippen molar-refractivity contribution in [2.24, 2.45) is 0 Å². The highest BCUT2D eigenvalue weighted by Gasteiger charge is 2.30. The highest BCUT2D eigenvalue weighted by molar-refractivity contribution is 5.82. The van der Waals surface area contributed by atoms with Crippen LogP contribution < -0.4 is 0 Å². The van der Waals surface area contributed by atoms with Gasteiger partial charge in [0.1, 0.15) is 5.82 Å². The quantitative estimate of drug-likeness (QED) is 0.245. The third-order valence-corrected chi connectivity index (χ3v) is 8.05. The van der Waals surface area contributed by atoms with Gasteiger partial charge < -0.3 is 0 Å². The van der Waals surface area contributed by atoms with Crippen LogP contribution >= 0.6 is 0 Å². The summed E-state index contributed by atoms with van der Waals surface area (Å²) in [6.07, 6.45) is 2.05. The summed E-state index contributed by atoms with van der Waals surface area (Å²) in [4.78, 5) is 5.10. The van der Waals surface area contributed by atoms with E-state index in [0.29, 0.717) is 11.8 Å². The number of hydrogen-bond donors (Lipinski definition) is 0. The number of aromatic nitrogens is 3. The summed E-state index contributed by atoms with van der Waals surface area (Å²) in [6, 6.07) is 20.4. The second-order valence-corrected chi connectivity index (χ2v) is 11.6. The summed E-state index contributed by atoms with van der Waals surface area (Å²) >= 11 is 0. The van der Waals surface area contributed by atoms with Crippen molar-refractivity contribution in [3.63, 3.8) is 0 Å². The highest BCUT2D eigenvalue weighted by Crippen LogP contribution is 2.45. The predicted octanol–water partition coefficient (Wildman–Crippen LogP) is 8.75. The van der Waals surface area contributed by atoms with Crippen molar-refractivity contribution in [2.75, 3.05) is 0 Å². The van der Waals surface area contributed by atoms with Crippen LogP contribution in [0, 0.1) is 6.92 Å². The molecule has 0 radical (unpaired) electrons. The lowest BCUT2D eigenvalue weighted by molar-refractivity contribution is 0.507. The summed E-state index contributed by atoms with van der Waals surface area (Å²) in [6.45, 7) is 18.1. The molecule has 0 unspecified atom stereocenters. The topological polar surface area (TPSA) is 30.7 Å². The number of para-hydroxylation sites is 1. The van der Waals surface area contributed by atoms with E-state index in [1.807, 2.05) is 6.92 Å². The van der Waals surface area contributed by atoms with Gasteiger partial charge in [-0.25, -0.2) is 9.67 Å². The fourth-order valence-corrected chi connectivity index (χ4v) is 5.62. The second kappa shape index (κ2) is 9.03. The molecule has 1 aliphatic rings. The lowest BCUT2D eigenvalue weighted by Gasteiger charge is -2.28. The van der Waals surface area contributed by atoms with Crippen LogP contribution in [0.25, 0.3) is 28.2 Å². The predicted molar refractivity (Wildman–Crippen MR) is 151 cm³/mol. The monoisotopic (exact) mass is 477 g/mol. The van der Waals surface area contributed by atoms with Crippen molar-refractivity contribution in [3.8, 4) is 28.2 Å². The Morgan fingerprint density at radius 3 is 2.14 bits per heavy atom. The van der Waals surface area contributed by atoms with Gasteiger partial charge in [0.05, 0.1) is 5.69 Å². The molecule has 0 amide bonds. The maximum Gasteiger partial charge on any atom is 0.163 e. The Bertz CT molecular complexity index is 1410. The van der Waals surface area contributed by atoms with Crippen molar-refractivity contribution in [1.82, 2.24) is 14.8 Å². The van der Waals surface area contributed by atoms with E-state index in [0.717, 1.165) is 24.5 Å². The van der Waals surface area contributed by atoms with Crippen LogP contribution in [0.4, 0.5) is 0 Å². The molecule has 1 heterocycles. The minimum absolute atomic E-state index is 0.0161. The molecule has 0 fully saturated rings. The smallest absolute Gasteiger partial charge is 0.163 e. The fraction of sp³-hybridized carbons (Fsp3) is 0.394. The zero-order chi connectivity index (χ0) is 25.8. The van der Waals surface area contributed by atoms with Crippen molar-refractivity contribution in [1.29, 1.82) is 0 Å². The van der Waals surface area contributed by atoms with Crippen LogP contribution in [0.3, 0.4) is 0 Å². The Morgan fingerprint density at radius 1 is 0.833 bits per heavy atom. The van der Waals surface area contributed by atoms with E-state index in [1.165, 1.54) is 50.2 Å². The largest absolute Gasteiger partial charge is 0.212 e. The minimum Gasteiger partial charge on any atom is -0.212 e. The molecule has 0 spiro atoms. The summed E-state index contributed by atoms with van der Waals surface area (Å²) in [5.74, 6) is 2.52. The number of aryl methyl sites for hydroxylation is 1. The minimum atomic E-state index is 0.0161. The molecule has 0 N–H and O–H groups in total. The zero-order valence-electron chi connectivity index (χ0n) is 23.1. The first-order valence-electron chi connectivity index (χ1n) is 13.4. The molecule has 1 aromatic heterocycles. The Kier molecular flexibility index (Phi) is 6.14. The molecule has 4 aromatic rings. The van der Waals surface area contributed by atoms with Gasteiger partial charge in [-0.05, 0) is 82.0 Å². The standard InChI is InChI=1S/C33H39N3/c1-9-33(7,8)30-18-24-17-23-13-10-11-14-27(23)28(24)19-29(30)32-34-22(6)35-36(32)31-25(20(2)3)15-12-16-26(31)21(4)5/h10-16,18-21H,9,17H2,1-8H3. The molecule has 0 atom stereocenters. The Hall–Kier alpha value is -3.20. The van der Waals surface area contributed by atoms with Crippen LogP contribution in [-0.2, 0) is 11.8 Å². The molecule has 3 heteroatoms.